The van der Waals surface area contributed by atoms with E-state index in [9.17, 15) is 4.79 Å². The van der Waals surface area contributed by atoms with E-state index in [1.165, 1.54) is 0 Å². The van der Waals surface area contributed by atoms with E-state index in [2.05, 4.69) is 11.2 Å². The molecule has 3 rings (SSSR count). The first-order chi connectivity index (χ1) is 9.75. The Hall–Kier alpha value is -2.03. The van der Waals surface area contributed by atoms with Crippen molar-refractivity contribution < 1.29 is 24.9 Å². The zero-order valence-corrected chi connectivity index (χ0v) is 13.8. The molecule has 107 valence electrons. The molecule has 1 aromatic heterocycles. The van der Waals surface area contributed by atoms with Crippen LogP contribution in [0.4, 0.5) is 0 Å². The van der Waals surface area contributed by atoms with Gasteiger partial charge >= 0.3 is 0 Å². The Labute approximate surface area is 137 Å². The van der Waals surface area contributed by atoms with E-state index >= 15 is 0 Å². The van der Waals surface area contributed by atoms with Gasteiger partial charge in [-0.25, -0.2) is 0 Å². The molecule has 3 nitrogen and oxygen atoms in total. The Bertz CT molecular complexity index is 736. The van der Waals surface area contributed by atoms with Gasteiger partial charge in [0.05, 0.1) is 11.3 Å². The number of benzene rings is 2. The first-order valence-corrected chi connectivity index (χ1v) is 6.39. The molecule has 0 spiro atoms. The quantitative estimate of drug-likeness (QED) is 0.451. The molecule has 0 saturated heterocycles. The van der Waals surface area contributed by atoms with Crippen LogP contribution in [-0.2, 0) is 20.1 Å². The Morgan fingerprint density at radius 2 is 1.81 bits per heavy atom. The van der Waals surface area contributed by atoms with Gasteiger partial charge in [0.25, 0.3) is 0 Å². The summed E-state index contributed by atoms with van der Waals surface area (Å²) in [5.41, 5.74) is 2.83. The maximum atomic E-state index is 12.4. The van der Waals surface area contributed by atoms with Crippen molar-refractivity contribution in [1.29, 1.82) is 0 Å². The van der Waals surface area contributed by atoms with E-state index in [0.717, 1.165) is 11.4 Å². The molecule has 0 amide bonds. The second kappa shape index (κ2) is 6.61. The Morgan fingerprint density at radius 1 is 1.10 bits per heavy atom. The minimum atomic E-state index is -0.00900. The monoisotopic (exact) mass is 454 g/mol. The van der Waals surface area contributed by atoms with Gasteiger partial charge in [0.15, 0.2) is 5.78 Å². The van der Waals surface area contributed by atoms with E-state index in [1.807, 2.05) is 61.5 Å². The first kappa shape index (κ1) is 15.4. The fourth-order valence-corrected chi connectivity index (χ4v) is 2.08. The Morgan fingerprint density at radius 3 is 2.48 bits per heavy atom. The average molecular weight is 454 g/mol. The van der Waals surface area contributed by atoms with Crippen LogP contribution in [0, 0.1) is 13.0 Å². The summed E-state index contributed by atoms with van der Waals surface area (Å²) < 4.78 is 1.69. The van der Waals surface area contributed by atoms with Gasteiger partial charge in [-0.05, 0) is 12.6 Å². The molecule has 2 aromatic carbocycles. The maximum Gasteiger partial charge on any atom is 0.196 e. The Balaban J connectivity index is 0.00000161. The van der Waals surface area contributed by atoms with Gasteiger partial charge in [0.2, 0.25) is 0 Å². The van der Waals surface area contributed by atoms with Crippen molar-refractivity contribution in [2.75, 3.05) is 0 Å². The second-order valence-corrected chi connectivity index (χ2v) is 4.52. The number of nitrogens with zero attached hydrogens (tertiary/aromatic N) is 2. The predicted octanol–water partition coefficient (Wildman–Crippen LogP) is 3.21. The third kappa shape index (κ3) is 3.18. The summed E-state index contributed by atoms with van der Waals surface area (Å²) in [6.07, 6.45) is 1.76. The number of rotatable bonds is 3. The molecule has 1 radical (unpaired) electrons. The number of para-hydroxylation sites is 1. The third-order valence-electron chi connectivity index (χ3n) is 3.12. The van der Waals surface area contributed by atoms with Crippen LogP contribution in [0.3, 0.4) is 0 Å². The number of carbonyl (C=O) groups is 1. The molecule has 21 heavy (non-hydrogen) atoms. The van der Waals surface area contributed by atoms with Crippen molar-refractivity contribution in [1.82, 2.24) is 9.78 Å². The average Bonchev–Trinajstić information content (AvgIpc) is 2.90. The van der Waals surface area contributed by atoms with Crippen molar-refractivity contribution in [3.8, 4) is 5.69 Å². The van der Waals surface area contributed by atoms with E-state index in [4.69, 9.17) is 0 Å². The van der Waals surface area contributed by atoms with Crippen LogP contribution < -0.4 is 0 Å². The van der Waals surface area contributed by atoms with Gasteiger partial charge in [0.1, 0.15) is 0 Å². The summed E-state index contributed by atoms with van der Waals surface area (Å²) in [5, 5.41) is 4.39. The molecule has 0 atom stereocenters. The molecular formula is C17H13IrN2O-. The van der Waals surface area contributed by atoms with E-state index < -0.39 is 0 Å². The molecule has 0 saturated carbocycles. The zero-order valence-electron chi connectivity index (χ0n) is 11.4. The minimum absolute atomic E-state index is 0. The molecular weight excluding hydrogens is 440 g/mol. The molecule has 0 N–H and O–H groups in total. The van der Waals surface area contributed by atoms with Crippen molar-refractivity contribution in [3.05, 3.63) is 83.7 Å². The predicted molar refractivity (Wildman–Crippen MR) is 77.0 cm³/mol. The number of aryl methyl sites for hydroxylation is 1. The van der Waals surface area contributed by atoms with Crippen LogP contribution in [0.2, 0.25) is 0 Å². The molecule has 0 bridgehead atoms. The van der Waals surface area contributed by atoms with Crippen molar-refractivity contribution in [2.45, 2.75) is 6.92 Å². The minimum Gasteiger partial charge on any atom is -0.288 e. The molecule has 0 unspecified atom stereocenters. The number of hydrogen-bond donors (Lipinski definition) is 0. The summed E-state index contributed by atoms with van der Waals surface area (Å²) in [7, 11) is 0. The molecule has 0 fully saturated rings. The molecule has 1 heterocycles. The van der Waals surface area contributed by atoms with Crippen LogP contribution in [-0.4, -0.2) is 15.6 Å². The summed E-state index contributed by atoms with van der Waals surface area (Å²) in [4.78, 5) is 12.4. The second-order valence-electron chi connectivity index (χ2n) is 4.52. The van der Waals surface area contributed by atoms with E-state index in [0.29, 0.717) is 11.1 Å². The van der Waals surface area contributed by atoms with Gasteiger partial charge in [0, 0.05) is 31.9 Å². The number of carbonyl (C=O) groups excluding carboxylic acids is 1. The van der Waals surface area contributed by atoms with Crippen LogP contribution in [0.5, 0.6) is 0 Å². The first-order valence-electron chi connectivity index (χ1n) is 6.39. The zero-order chi connectivity index (χ0) is 13.9. The van der Waals surface area contributed by atoms with Gasteiger partial charge in [-0.2, -0.15) is 29.4 Å². The molecule has 3 aromatic rings. The SMILES string of the molecule is Cc1nn(-c2[c-]cccc2)cc1C(=O)c1ccccc1.[Ir]. The molecule has 0 aliphatic rings. The van der Waals surface area contributed by atoms with Crippen LogP contribution in [0.25, 0.3) is 5.69 Å². The van der Waals surface area contributed by atoms with Crippen molar-refractivity contribution in [2.24, 2.45) is 0 Å². The Kier molecular flexibility index (Phi) is 4.84. The fourth-order valence-electron chi connectivity index (χ4n) is 2.08. The third-order valence-corrected chi connectivity index (χ3v) is 3.12. The summed E-state index contributed by atoms with van der Waals surface area (Å²) in [6.45, 7) is 1.84. The van der Waals surface area contributed by atoms with E-state index in [-0.39, 0.29) is 25.9 Å². The fraction of sp³-hybridized carbons (Fsp3) is 0.0588. The summed E-state index contributed by atoms with van der Waals surface area (Å²) in [6, 6.07) is 19.9. The molecule has 4 heteroatoms. The smallest absolute Gasteiger partial charge is 0.196 e. The molecule has 0 aliphatic heterocycles. The summed E-state index contributed by atoms with van der Waals surface area (Å²) >= 11 is 0. The number of ketones is 1. The largest absolute Gasteiger partial charge is 0.288 e. The molecule has 0 aliphatic carbocycles. The standard InChI is InChI=1S/C17H13N2O.Ir/c1-13-16(17(20)14-8-4-2-5-9-14)12-19(18-13)15-10-6-3-7-11-15;/h2-10,12H,1H3;/q-1;. The number of hydrogen-bond acceptors (Lipinski definition) is 2. The van der Waals surface area contributed by atoms with Gasteiger partial charge < -0.3 is 0 Å². The van der Waals surface area contributed by atoms with Crippen LogP contribution >= 0.6 is 0 Å². The van der Waals surface area contributed by atoms with E-state index in [1.54, 1.807) is 10.9 Å². The van der Waals surface area contributed by atoms with Crippen molar-refractivity contribution >= 4 is 5.78 Å². The van der Waals surface area contributed by atoms with Gasteiger partial charge in [-0.15, -0.1) is 6.07 Å². The number of aromatic nitrogens is 2. The van der Waals surface area contributed by atoms with Crippen LogP contribution in [0.1, 0.15) is 21.6 Å². The topological polar surface area (TPSA) is 34.9 Å². The maximum absolute atomic E-state index is 12.4. The van der Waals surface area contributed by atoms with Crippen molar-refractivity contribution in [3.63, 3.8) is 0 Å². The normalized spacial score (nSPS) is 9.95. The van der Waals surface area contributed by atoms with Gasteiger partial charge in [-0.1, -0.05) is 30.3 Å². The van der Waals surface area contributed by atoms with Gasteiger partial charge in [-0.3, -0.25) is 9.48 Å². The van der Waals surface area contributed by atoms with Crippen LogP contribution in [0.15, 0.2) is 60.8 Å². The summed E-state index contributed by atoms with van der Waals surface area (Å²) in [5.74, 6) is -0.00900.